The van der Waals surface area contributed by atoms with Crippen LogP contribution < -0.4 is 5.32 Å². The predicted molar refractivity (Wildman–Crippen MR) is 83.1 cm³/mol. The number of nitrogens with zero attached hydrogens (tertiary/aromatic N) is 1. The van der Waals surface area contributed by atoms with Gasteiger partial charge in [0.15, 0.2) is 0 Å². The SMILES string of the molecule is COCCNCc1cccnc1Sc1cccc(C)c1. The zero-order valence-electron chi connectivity index (χ0n) is 11.9. The summed E-state index contributed by atoms with van der Waals surface area (Å²) in [7, 11) is 1.71. The first-order valence-corrected chi connectivity index (χ1v) is 7.49. The van der Waals surface area contributed by atoms with Gasteiger partial charge in [0.25, 0.3) is 0 Å². The van der Waals surface area contributed by atoms with Gasteiger partial charge in [-0.15, -0.1) is 0 Å². The molecule has 106 valence electrons. The lowest BCUT2D eigenvalue weighted by Gasteiger charge is -2.09. The van der Waals surface area contributed by atoms with Crippen molar-refractivity contribution in [3.8, 4) is 0 Å². The molecular formula is C16H20N2OS. The van der Waals surface area contributed by atoms with Crippen molar-refractivity contribution in [1.29, 1.82) is 0 Å². The number of benzene rings is 1. The van der Waals surface area contributed by atoms with Gasteiger partial charge in [0, 0.05) is 31.3 Å². The quantitative estimate of drug-likeness (QED) is 0.793. The maximum absolute atomic E-state index is 5.04. The highest BCUT2D eigenvalue weighted by Gasteiger charge is 2.05. The first kappa shape index (κ1) is 15.0. The van der Waals surface area contributed by atoms with Crippen LogP contribution >= 0.6 is 11.8 Å². The molecule has 0 unspecified atom stereocenters. The molecular weight excluding hydrogens is 268 g/mol. The second kappa shape index (κ2) is 8.04. The van der Waals surface area contributed by atoms with Gasteiger partial charge in [-0.3, -0.25) is 0 Å². The van der Waals surface area contributed by atoms with Crippen molar-refractivity contribution >= 4 is 11.8 Å². The standard InChI is InChI=1S/C16H20N2OS/c1-13-5-3-7-15(11-13)20-16-14(6-4-8-18-16)12-17-9-10-19-2/h3-8,11,17H,9-10,12H2,1-2H3. The number of hydrogen-bond donors (Lipinski definition) is 1. The Morgan fingerprint density at radius 2 is 2.15 bits per heavy atom. The Hall–Kier alpha value is -1.36. The smallest absolute Gasteiger partial charge is 0.105 e. The number of pyridine rings is 1. The van der Waals surface area contributed by atoms with Gasteiger partial charge in [0.2, 0.25) is 0 Å². The van der Waals surface area contributed by atoms with Crippen LogP contribution in [-0.2, 0) is 11.3 Å². The summed E-state index contributed by atoms with van der Waals surface area (Å²) in [6.07, 6.45) is 1.84. The van der Waals surface area contributed by atoms with Crippen LogP contribution in [0.5, 0.6) is 0 Å². The van der Waals surface area contributed by atoms with Crippen LogP contribution in [0.1, 0.15) is 11.1 Å². The summed E-state index contributed by atoms with van der Waals surface area (Å²) in [6, 6.07) is 12.6. The van der Waals surface area contributed by atoms with E-state index in [9.17, 15) is 0 Å². The Labute approximate surface area is 124 Å². The zero-order valence-corrected chi connectivity index (χ0v) is 12.7. The molecule has 0 aliphatic carbocycles. The highest BCUT2D eigenvalue weighted by molar-refractivity contribution is 7.99. The maximum atomic E-state index is 5.04. The van der Waals surface area contributed by atoms with E-state index in [-0.39, 0.29) is 0 Å². The third kappa shape index (κ3) is 4.63. The summed E-state index contributed by atoms with van der Waals surface area (Å²) in [4.78, 5) is 5.72. The van der Waals surface area contributed by atoms with Crippen molar-refractivity contribution in [2.75, 3.05) is 20.3 Å². The van der Waals surface area contributed by atoms with Crippen LogP contribution in [0.15, 0.2) is 52.5 Å². The normalized spacial score (nSPS) is 10.7. The van der Waals surface area contributed by atoms with E-state index in [1.54, 1.807) is 18.9 Å². The maximum Gasteiger partial charge on any atom is 0.105 e. The van der Waals surface area contributed by atoms with Crippen molar-refractivity contribution in [1.82, 2.24) is 10.3 Å². The lowest BCUT2D eigenvalue weighted by Crippen LogP contribution is -2.19. The van der Waals surface area contributed by atoms with Gasteiger partial charge in [-0.25, -0.2) is 4.98 Å². The zero-order chi connectivity index (χ0) is 14.2. The largest absolute Gasteiger partial charge is 0.383 e. The van der Waals surface area contributed by atoms with Gasteiger partial charge < -0.3 is 10.1 Å². The summed E-state index contributed by atoms with van der Waals surface area (Å²) < 4.78 is 5.04. The molecule has 20 heavy (non-hydrogen) atoms. The Balaban J connectivity index is 2.03. The van der Waals surface area contributed by atoms with Crippen LogP contribution in [-0.4, -0.2) is 25.2 Å². The average Bonchev–Trinajstić information content (AvgIpc) is 2.45. The van der Waals surface area contributed by atoms with E-state index in [4.69, 9.17) is 4.74 Å². The van der Waals surface area contributed by atoms with E-state index in [1.165, 1.54) is 16.0 Å². The molecule has 0 saturated carbocycles. The fraction of sp³-hybridized carbons (Fsp3) is 0.312. The molecule has 1 aromatic heterocycles. The second-order valence-corrected chi connectivity index (χ2v) is 5.62. The molecule has 3 nitrogen and oxygen atoms in total. The second-order valence-electron chi connectivity index (χ2n) is 4.56. The molecule has 0 amide bonds. The van der Waals surface area contributed by atoms with Crippen molar-refractivity contribution in [3.63, 3.8) is 0 Å². The third-order valence-corrected chi connectivity index (χ3v) is 3.90. The monoisotopic (exact) mass is 288 g/mol. The number of aromatic nitrogens is 1. The van der Waals surface area contributed by atoms with Crippen LogP contribution in [0, 0.1) is 6.92 Å². The van der Waals surface area contributed by atoms with E-state index >= 15 is 0 Å². The summed E-state index contributed by atoms with van der Waals surface area (Å²) in [6.45, 7) is 4.49. The van der Waals surface area contributed by atoms with Gasteiger partial charge in [-0.2, -0.15) is 0 Å². The molecule has 0 spiro atoms. The predicted octanol–water partition coefficient (Wildman–Crippen LogP) is 3.28. The number of ether oxygens (including phenoxy) is 1. The van der Waals surface area contributed by atoms with Gasteiger partial charge >= 0.3 is 0 Å². The van der Waals surface area contributed by atoms with Gasteiger partial charge in [0.1, 0.15) is 5.03 Å². The van der Waals surface area contributed by atoms with Crippen molar-refractivity contribution in [3.05, 3.63) is 53.7 Å². The van der Waals surface area contributed by atoms with E-state index in [2.05, 4.69) is 47.6 Å². The van der Waals surface area contributed by atoms with Crippen molar-refractivity contribution in [2.45, 2.75) is 23.4 Å². The molecule has 0 fully saturated rings. The van der Waals surface area contributed by atoms with E-state index in [0.717, 1.165) is 24.7 Å². The Morgan fingerprint density at radius 3 is 2.95 bits per heavy atom. The number of hydrogen-bond acceptors (Lipinski definition) is 4. The number of nitrogens with one attached hydrogen (secondary N) is 1. The van der Waals surface area contributed by atoms with Crippen molar-refractivity contribution < 1.29 is 4.74 Å². The fourth-order valence-electron chi connectivity index (χ4n) is 1.84. The lowest BCUT2D eigenvalue weighted by atomic mass is 10.2. The van der Waals surface area contributed by atoms with Crippen molar-refractivity contribution in [2.24, 2.45) is 0 Å². The molecule has 0 aliphatic heterocycles. The van der Waals surface area contributed by atoms with E-state index in [1.807, 2.05) is 12.3 Å². The van der Waals surface area contributed by atoms with Gasteiger partial charge in [-0.05, 0) is 30.7 Å². The van der Waals surface area contributed by atoms with Crippen LogP contribution in [0.2, 0.25) is 0 Å². The first-order valence-electron chi connectivity index (χ1n) is 6.67. The summed E-state index contributed by atoms with van der Waals surface area (Å²) in [5, 5.41) is 4.42. The molecule has 0 bridgehead atoms. The first-order chi connectivity index (χ1) is 9.79. The molecule has 1 heterocycles. The Bertz CT molecular complexity index is 546. The molecule has 2 aromatic rings. The minimum Gasteiger partial charge on any atom is -0.383 e. The average molecular weight is 288 g/mol. The molecule has 4 heteroatoms. The summed E-state index contributed by atoms with van der Waals surface area (Å²) in [5.74, 6) is 0. The van der Waals surface area contributed by atoms with Gasteiger partial charge in [0.05, 0.1) is 6.61 Å². The fourth-order valence-corrected chi connectivity index (χ4v) is 2.84. The summed E-state index contributed by atoms with van der Waals surface area (Å²) >= 11 is 1.71. The highest BCUT2D eigenvalue weighted by atomic mass is 32.2. The summed E-state index contributed by atoms with van der Waals surface area (Å²) in [5.41, 5.74) is 2.49. The third-order valence-electron chi connectivity index (χ3n) is 2.85. The number of rotatable bonds is 7. The van der Waals surface area contributed by atoms with Gasteiger partial charge in [-0.1, -0.05) is 35.5 Å². The van der Waals surface area contributed by atoms with Crippen LogP contribution in [0.3, 0.4) is 0 Å². The lowest BCUT2D eigenvalue weighted by molar-refractivity contribution is 0.199. The topological polar surface area (TPSA) is 34.1 Å². The number of methoxy groups -OCH3 is 1. The molecule has 2 rings (SSSR count). The van der Waals surface area contributed by atoms with Crippen LogP contribution in [0.25, 0.3) is 0 Å². The Kier molecular flexibility index (Phi) is 6.05. The molecule has 1 N–H and O–H groups in total. The van der Waals surface area contributed by atoms with E-state index < -0.39 is 0 Å². The van der Waals surface area contributed by atoms with Crippen LogP contribution in [0.4, 0.5) is 0 Å². The molecule has 0 aliphatic rings. The number of aryl methyl sites for hydroxylation is 1. The molecule has 0 saturated heterocycles. The molecule has 0 radical (unpaired) electrons. The minimum atomic E-state index is 0.723. The Morgan fingerprint density at radius 1 is 1.25 bits per heavy atom. The van der Waals surface area contributed by atoms with E-state index in [0.29, 0.717) is 0 Å². The molecule has 0 atom stereocenters. The highest BCUT2D eigenvalue weighted by Crippen LogP contribution is 2.28. The minimum absolute atomic E-state index is 0.723. The molecule has 1 aromatic carbocycles.